The summed E-state index contributed by atoms with van der Waals surface area (Å²) in [6.07, 6.45) is 10.4. The van der Waals surface area contributed by atoms with Gasteiger partial charge in [-0.2, -0.15) is 0 Å². The van der Waals surface area contributed by atoms with Crippen LogP contribution in [0.25, 0.3) is 11.1 Å². The first-order chi connectivity index (χ1) is 14.8. The Morgan fingerprint density at radius 2 is 1.80 bits per heavy atom. The van der Waals surface area contributed by atoms with Crippen LogP contribution in [0.4, 0.5) is 5.82 Å². The summed E-state index contributed by atoms with van der Waals surface area (Å²) in [6.45, 7) is 1.81. The third kappa shape index (κ3) is 3.65. The molecule has 2 aromatic heterocycles. The van der Waals surface area contributed by atoms with E-state index in [4.69, 9.17) is 0 Å². The first kappa shape index (κ1) is 18.7. The van der Waals surface area contributed by atoms with Crippen LogP contribution in [0.15, 0.2) is 55.1 Å². The molecule has 30 heavy (non-hydrogen) atoms. The number of amides is 1. The summed E-state index contributed by atoms with van der Waals surface area (Å²) in [5, 5.41) is 3.26. The van der Waals surface area contributed by atoms with Crippen molar-refractivity contribution in [2.45, 2.75) is 38.1 Å². The number of nitrogens with zero attached hydrogens (tertiary/aromatic N) is 4. The number of fused-ring (bicyclic) bond motifs is 1. The van der Waals surface area contributed by atoms with E-state index in [1.165, 1.54) is 17.7 Å². The zero-order valence-electron chi connectivity index (χ0n) is 16.9. The third-order valence-corrected chi connectivity index (χ3v) is 6.14. The van der Waals surface area contributed by atoms with E-state index in [2.05, 4.69) is 25.2 Å². The van der Waals surface area contributed by atoms with Crippen molar-refractivity contribution in [2.75, 3.05) is 18.0 Å². The van der Waals surface area contributed by atoms with Crippen molar-refractivity contribution in [1.29, 1.82) is 0 Å². The number of benzene rings is 1. The van der Waals surface area contributed by atoms with Crippen LogP contribution in [0.5, 0.6) is 0 Å². The Balaban J connectivity index is 1.26. The number of anilines is 1. The average Bonchev–Trinajstić information content (AvgIpc) is 3.29. The summed E-state index contributed by atoms with van der Waals surface area (Å²) in [7, 11) is 0. The molecule has 0 unspecified atom stereocenters. The maximum Gasteiger partial charge on any atom is 0.252 e. The zero-order chi connectivity index (χ0) is 20.3. The van der Waals surface area contributed by atoms with E-state index in [9.17, 15) is 4.79 Å². The summed E-state index contributed by atoms with van der Waals surface area (Å²) in [5.41, 5.74) is 5.18. The maximum absolute atomic E-state index is 13.1. The van der Waals surface area contributed by atoms with Gasteiger partial charge in [0.05, 0.1) is 0 Å². The van der Waals surface area contributed by atoms with E-state index in [0.717, 1.165) is 55.7 Å². The van der Waals surface area contributed by atoms with Crippen LogP contribution in [0.1, 0.15) is 40.9 Å². The number of pyridine rings is 1. The third-order valence-electron chi connectivity index (χ3n) is 6.14. The first-order valence-electron chi connectivity index (χ1n) is 10.7. The van der Waals surface area contributed by atoms with E-state index in [1.54, 1.807) is 18.7 Å². The van der Waals surface area contributed by atoms with Crippen LogP contribution in [0, 0.1) is 0 Å². The first-order valence-corrected chi connectivity index (χ1v) is 10.7. The summed E-state index contributed by atoms with van der Waals surface area (Å²) >= 11 is 0. The van der Waals surface area contributed by atoms with Crippen LogP contribution in [0.3, 0.4) is 0 Å². The fourth-order valence-electron chi connectivity index (χ4n) is 4.58. The van der Waals surface area contributed by atoms with Crippen LogP contribution >= 0.6 is 0 Å². The number of carbonyl (C=O) groups is 1. The topological polar surface area (TPSA) is 71.0 Å². The van der Waals surface area contributed by atoms with Gasteiger partial charge in [0.2, 0.25) is 0 Å². The van der Waals surface area contributed by atoms with Crippen molar-refractivity contribution in [3.05, 3.63) is 71.9 Å². The van der Waals surface area contributed by atoms with Gasteiger partial charge < -0.3 is 10.2 Å². The quantitative estimate of drug-likeness (QED) is 0.728. The van der Waals surface area contributed by atoms with Gasteiger partial charge in [0.15, 0.2) is 0 Å². The molecule has 0 atom stereocenters. The highest BCUT2D eigenvalue weighted by molar-refractivity contribution is 6.01. The molecule has 6 nitrogen and oxygen atoms in total. The molecule has 1 amide bonds. The Hall–Kier alpha value is -3.28. The molecule has 0 bridgehead atoms. The van der Waals surface area contributed by atoms with Gasteiger partial charge in [0, 0.05) is 48.3 Å². The lowest BCUT2D eigenvalue weighted by atomic mass is 9.98. The number of hydrogen-bond donors (Lipinski definition) is 1. The van der Waals surface area contributed by atoms with E-state index in [0.29, 0.717) is 5.56 Å². The van der Waals surface area contributed by atoms with Gasteiger partial charge in [-0.3, -0.25) is 9.78 Å². The van der Waals surface area contributed by atoms with Crippen LogP contribution in [0.2, 0.25) is 0 Å². The highest BCUT2D eigenvalue weighted by Gasteiger charge is 2.26. The Labute approximate surface area is 176 Å². The summed E-state index contributed by atoms with van der Waals surface area (Å²) in [6, 6.07) is 11.8. The molecule has 2 aliphatic rings. The fourth-order valence-corrected chi connectivity index (χ4v) is 4.58. The molecule has 5 rings (SSSR count). The Kier molecular flexibility index (Phi) is 5.13. The van der Waals surface area contributed by atoms with Gasteiger partial charge in [-0.15, -0.1) is 0 Å². The van der Waals surface area contributed by atoms with Gasteiger partial charge in [-0.05, 0) is 61.4 Å². The normalized spacial score (nSPS) is 16.3. The monoisotopic (exact) mass is 399 g/mol. The van der Waals surface area contributed by atoms with Gasteiger partial charge in [-0.1, -0.05) is 18.2 Å². The number of aryl methyl sites for hydroxylation is 1. The van der Waals surface area contributed by atoms with Crippen molar-refractivity contribution in [1.82, 2.24) is 20.3 Å². The minimum atomic E-state index is -0.0104. The van der Waals surface area contributed by atoms with Crippen LogP contribution in [-0.2, 0) is 12.8 Å². The number of hydrogen-bond acceptors (Lipinski definition) is 5. The molecule has 1 N–H and O–H groups in total. The largest absolute Gasteiger partial charge is 0.356 e. The minimum Gasteiger partial charge on any atom is -0.356 e. The average molecular weight is 399 g/mol. The van der Waals surface area contributed by atoms with E-state index in [-0.39, 0.29) is 11.9 Å². The number of nitrogens with one attached hydrogen (secondary N) is 1. The number of carbonyl (C=O) groups excluding carboxylic acids is 1. The van der Waals surface area contributed by atoms with Crippen molar-refractivity contribution in [2.24, 2.45) is 0 Å². The molecule has 1 aliphatic carbocycles. The molecule has 1 aliphatic heterocycles. The number of aromatic nitrogens is 3. The predicted molar refractivity (Wildman–Crippen MR) is 116 cm³/mol. The molecule has 1 fully saturated rings. The maximum atomic E-state index is 13.1. The second kappa shape index (κ2) is 8.22. The lowest BCUT2D eigenvalue weighted by Crippen LogP contribution is -2.45. The lowest BCUT2D eigenvalue weighted by molar-refractivity contribution is 0.0931. The van der Waals surface area contributed by atoms with Crippen molar-refractivity contribution >= 4 is 11.7 Å². The molecule has 0 saturated carbocycles. The minimum absolute atomic E-state index is 0.0104. The van der Waals surface area contributed by atoms with Crippen LogP contribution in [-0.4, -0.2) is 40.0 Å². The molecule has 1 saturated heterocycles. The molecular weight excluding hydrogens is 374 g/mol. The Bertz CT molecular complexity index is 1040. The fraction of sp³-hybridized carbons (Fsp3) is 0.333. The molecule has 0 radical (unpaired) electrons. The summed E-state index contributed by atoms with van der Waals surface area (Å²) in [4.78, 5) is 28.5. The Morgan fingerprint density at radius 3 is 2.63 bits per heavy atom. The van der Waals surface area contributed by atoms with Crippen molar-refractivity contribution in [3.63, 3.8) is 0 Å². The van der Waals surface area contributed by atoms with Gasteiger partial charge in [-0.25, -0.2) is 9.97 Å². The zero-order valence-corrected chi connectivity index (χ0v) is 16.9. The van der Waals surface area contributed by atoms with E-state index in [1.807, 2.05) is 36.4 Å². The Morgan fingerprint density at radius 1 is 1.00 bits per heavy atom. The molecule has 6 heteroatoms. The number of piperidine rings is 1. The predicted octanol–water partition coefficient (Wildman–Crippen LogP) is 3.43. The lowest BCUT2D eigenvalue weighted by Gasteiger charge is -2.34. The van der Waals surface area contributed by atoms with E-state index >= 15 is 0 Å². The highest BCUT2D eigenvalue weighted by atomic mass is 16.1. The van der Waals surface area contributed by atoms with Gasteiger partial charge in [0.25, 0.3) is 5.91 Å². The molecular formula is C24H25N5O. The van der Waals surface area contributed by atoms with Gasteiger partial charge >= 0.3 is 0 Å². The standard InChI is InChI=1S/C24H25N5O/c30-24(20-5-2-1-4-19(20)17-8-12-25-13-9-17)28-18-10-14-29(15-11-18)23-21-6-3-7-22(21)26-16-27-23/h1-2,4-5,8-9,12-13,16,18H,3,6-7,10-11,14-15H2,(H,28,30). The van der Waals surface area contributed by atoms with Gasteiger partial charge in [0.1, 0.15) is 12.1 Å². The molecule has 3 heterocycles. The summed E-state index contributed by atoms with van der Waals surface area (Å²) in [5.74, 6) is 1.09. The van der Waals surface area contributed by atoms with Crippen LogP contribution < -0.4 is 10.2 Å². The van der Waals surface area contributed by atoms with E-state index < -0.39 is 0 Å². The smallest absolute Gasteiger partial charge is 0.252 e. The van der Waals surface area contributed by atoms with Crippen molar-refractivity contribution in [3.8, 4) is 11.1 Å². The number of rotatable bonds is 4. The second-order valence-electron chi connectivity index (χ2n) is 7.99. The molecule has 0 spiro atoms. The molecule has 152 valence electrons. The molecule has 1 aromatic carbocycles. The highest BCUT2D eigenvalue weighted by Crippen LogP contribution is 2.30. The SMILES string of the molecule is O=C(NC1CCN(c2ncnc3c2CCC3)CC1)c1ccccc1-c1ccncc1. The second-order valence-corrected chi connectivity index (χ2v) is 7.99. The summed E-state index contributed by atoms with van der Waals surface area (Å²) < 4.78 is 0. The van der Waals surface area contributed by atoms with Crippen molar-refractivity contribution < 1.29 is 4.79 Å². The molecule has 3 aromatic rings.